The van der Waals surface area contributed by atoms with E-state index in [4.69, 9.17) is 0 Å². The van der Waals surface area contributed by atoms with Crippen molar-refractivity contribution in [3.8, 4) is 10.6 Å². The maximum atomic E-state index is 13.0. The van der Waals surface area contributed by atoms with Crippen LogP contribution in [0.2, 0.25) is 0 Å². The minimum absolute atomic E-state index is 0.116. The number of benzene rings is 1. The Morgan fingerprint density at radius 2 is 1.88 bits per heavy atom. The van der Waals surface area contributed by atoms with Crippen LogP contribution in [0.25, 0.3) is 10.6 Å². The lowest BCUT2D eigenvalue weighted by Gasteiger charge is -2.07. The predicted molar refractivity (Wildman–Crippen MR) is 100 cm³/mol. The van der Waals surface area contributed by atoms with Crippen molar-refractivity contribution in [3.05, 3.63) is 60.2 Å². The van der Waals surface area contributed by atoms with E-state index in [9.17, 15) is 12.8 Å². The number of thiazole rings is 1. The van der Waals surface area contributed by atoms with Gasteiger partial charge in [0.25, 0.3) is 10.0 Å². The lowest BCUT2D eigenvalue weighted by atomic mass is 10.2. The SMILES string of the molecule is Cc1cccc(NCCNS(=O)(=O)c2cnc(-c3ccc(F)cc3)s2)n1. The topological polar surface area (TPSA) is 84.0 Å². The maximum Gasteiger partial charge on any atom is 0.251 e. The fraction of sp³-hybridized carbons (Fsp3) is 0.176. The molecule has 0 bridgehead atoms. The number of pyridine rings is 1. The third-order valence-electron chi connectivity index (χ3n) is 3.45. The van der Waals surface area contributed by atoms with Crippen LogP contribution in [0.5, 0.6) is 0 Å². The van der Waals surface area contributed by atoms with E-state index in [0.29, 0.717) is 22.9 Å². The second-order valence-corrected chi connectivity index (χ2v) is 8.50. The summed E-state index contributed by atoms with van der Waals surface area (Å²) in [5.41, 5.74) is 1.55. The molecule has 9 heteroatoms. The third-order valence-corrected chi connectivity index (χ3v) is 6.42. The average Bonchev–Trinajstić information content (AvgIpc) is 3.11. The van der Waals surface area contributed by atoms with E-state index in [-0.39, 0.29) is 16.6 Å². The molecule has 0 aliphatic heterocycles. The molecule has 2 aromatic heterocycles. The van der Waals surface area contributed by atoms with E-state index in [1.165, 1.54) is 18.3 Å². The molecule has 3 rings (SSSR count). The Bertz CT molecular complexity index is 988. The molecule has 0 aliphatic carbocycles. The highest BCUT2D eigenvalue weighted by atomic mass is 32.2. The van der Waals surface area contributed by atoms with Crippen molar-refractivity contribution in [3.63, 3.8) is 0 Å². The number of aromatic nitrogens is 2. The number of hydrogen-bond acceptors (Lipinski definition) is 6. The first-order chi connectivity index (χ1) is 12.4. The molecular formula is C17H17FN4O2S2. The largest absolute Gasteiger partial charge is 0.369 e. The Balaban J connectivity index is 1.59. The molecule has 0 fully saturated rings. The van der Waals surface area contributed by atoms with Gasteiger partial charge in [-0.25, -0.2) is 27.5 Å². The van der Waals surface area contributed by atoms with Crippen molar-refractivity contribution in [2.24, 2.45) is 0 Å². The van der Waals surface area contributed by atoms with Crippen LogP contribution >= 0.6 is 11.3 Å². The van der Waals surface area contributed by atoms with Crippen LogP contribution in [0.15, 0.2) is 52.9 Å². The van der Waals surface area contributed by atoms with Crippen molar-refractivity contribution in [1.82, 2.24) is 14.7 Å². The van der Waals surface area contributed by atoms with Gasteiger partial charge in [0.1, 0.15) is 16.6 Å². The number of anilines is 1. The highest BCUT2D eigenvalue weighted by Crippen LogP contribution is 2.27. The quantitative estimate of drug-likeness (QED) is 0.604. The normalized spacial score (nSPS) is 11.5. The monoisotopic (exact) mass is 392 g/mol. The van der Waals surface area contributed by atoms with E-state index in [1.807, 2.05) is 25.1 Å². The molecule has 0 saturated heterocycles. The van der Waals surface area contributed by atoms with Gasteiger partial charge in [0.2, 0.25) is 0 Å². The molecule has 0 amide bonds. The van der Waals surface area contributed by atoms with Crippen molar-refractivity contribution in [2.45, 2.75) is 11.1 Å². The van der Waals surface area contributed by atoms with Crippen molar-refractivity contribution >= 4 is 27.2 Å². The number of hydrogen-bond donors (Lipinski definition) is 2. The van der Waals surface area contributed by atoms with Crippen LogP contribution in [-0.4, -0.2) is 31.5 Å². The molecule has 0 spiro atoms. The van der Waals surface area contributed by atoms with Crippen LogP contribution < -0.4 is 10.0 Å². The lowest BCUT2D eigenvalue weighted by Crippen LogP contribution is -2.28. The highest BCUT2D eigenvalue weighted by molar-refractivity contribution is 7.91. The fourth-order valence-corrected chi connectivity index (χ4v) is 4.41. The molecule has 0 saturated carbocycles. The summed E-state index contributed by atoms with van der Waals surface area (Å²) in [6, 6.07) is 11.3. The van der Waals surface area contributed by atoms with Crippen LogP contribution in [0.3, 0.4) is 0 Å². The minimum atomic E-state index is -3.65. The van der Waals surface area contributed by atoms with Gasteiger partial charge in [0.05, 0.1) is 6.20 Å². The molecule has 0 aliphatic rings. The second kappa shape index (κ2) is 7.90. The first kappa shape index (κ1) is 18.4. The molecule has 0 radical (unpaired) electrons. The summed E-state index contributed by atoms with van der Waals surface area (Å²) in [4.78, 5) is 8.40. The first-order valence-electron chi connectivity index (χ1n) is 7.83. The van der Waals surface area contributed by atoms with Gasteiger partial charge in [0, 0.05) is 24.3 Å². The zero-order valence-electron chi connectivity index (χ0n) is 13.9. The van der Waals surface area contributed by atoms with E-state index < -0.39 is 10.0 Å². The summed E-state index contributed by atoms with van der Waals surface area (Å²) in [6.45, 7) is 2.50. The van der Waals surface area contributed by atoms with Crippen molar-refractivity contribution in [2.75, 3.05) is 18.4 Å². The van der Waals surface area contributed by atoms with Gasteiger partial charge < -0.3 is 5.32 Å². The zero-order valence-corrected chi connectivity index (χ0v) is 15.6. The molecule has 1 aromatic carbocycles. The van der Waals surface area contributed by atoms with Crippen molar-refractivity contribution < 1.29 is 12.8 Å². The summed E-state index contributed by atoms with van der Waals surface area (Å²) < 4.78 is 40.3. The smallest absolute Gasteiger partial charge is 0.251 e. The van der Waals surface area contributed by atoms with Crippen LogP contribution in [-0.2, 0) is 10.0 Å². The van der Waals surface area contributed by atoms with Crippen LogP contribution in [0.1, 0.15) is 5.69 Å². The number of rotatable bonds is 7. The Morgan fingerprint density at radius 3 is 2.62 bits per heavy atom. The fourth-order valence-electron chi connectivity index (χ4n) is 2.20. The Labute approximate surface area is 155 Å². The average molecular weight is 392 g/mol. The number of nitrogens with one attached hydrogen (secondary N) is 2. The van der Waals surface area contributed by atoms with Gasteiger partial charge in [-0.15, -0.1) is 11.3 Å². The number of aryl methyl sites for hydroxylation is 1. The van der Waals surface area contributed by atoms with Gasteiger partial charge in [-0.05, 0) is 43.3 Å². The van der Waals surface area contributed by atoms with Gasteiger partial charge >= 0.3 is 0 Å². The molecule has 2 heterocycles. The van der Waals surface area contributed by atoms with Gasteiger partial charge in [-0.1, -0.05) is 6.07 Å². The Hall–Kier alpha value is -2.36. The zero-order chi connectivity index (χ0) is 18.6. The predicted octanol–water partition coefficient (Wildman–Crippen LogP) is 3.04. The van der Waals surface area contributed by atoms with Gasteiger partial charge in [0.15, 0.2) is 4.21 Å². The summed E-state index contributed by atoms with van der Waals surface area (Å²) in [7, 11) is -3.65. The number of sulfonamides is 1. The summed E-state index contributed by atoms with van der Waals surface area (Å²) in [5.74, 6) is 0.344. The molecule has 6 nitrogen and oxygen atoms in total. The van der Waals surface area contributed by atoms with E-state index >= 15 is 0 Å². The van der Waals surface area contributed by atoms with Crippen molar-refractivity contribution in [1.29, 1.82) is 0 Å². The first-order valence-corrected chi connectivity index (χ1v) is 10.1. The second-order valence-electron chi connectivity index (χ2n) is 5.48. The standard InChI is InChI=1S/C17H17FN4O2S2/c1-12-3-2-4-15(22-12)19-9-10-21-26(23,24)16-11-20-17(25-16)13-5-7-14(18)8-6-13/h2-8,11,21H,9-10H2,1H3,(H,19,22). The maximum absolute atomic E-state index is 13.0. The highest BCUT2D eigenvalue weighted by Gasteiger charge is 2.18. The molecule has 26 heavy (non-hydrogen) atoms. The summed E-state index contributed by atoms with van der Waals surface area (Å²) >= 11 is 1.04. The lowest BCUT2D eigenvalue weighted by molar-refractivity contribution is 0.585. The molecule has 2 N–H and O–H groups in total. The van der Waals surface area contributed by atoms with E-state index in [0.717, 1.165) is 17.0 Å². The van der Waals surface area contributed by atoms with E-state index in [1.54, 1.807) is 12.1 Å². The Kier molecular flexibility index (Phi) is 5.60. The minimum Gasteiger partial charge on any atom is -0.369 e. The molecule has 0 unspecified atom stereocenters. The Morgan fingerprint density at radius 1 is 1.12 bits per heavy atom. The number of halogens is 1. The van der Waals surface area contributed by atoms with Crippen LogP contribution in [0.4, 0.5) is 10.2 Å². The molecule has 0 atom stereocenters. The number of nitrogens with zero attached hydrogens (tertiary/aromatic N) is 2. The third kappa shape index (κ3) is 4.63. The van der Waals surface area contributed by atoms with Gasteiger partial charge in [-0.3, -0.25) is 0 Å². The summed E-state index contributed by atoms with van der Waals surface area (Å²) in [5, 5.41) is 3.58. The summed E-state index contributed by atoms with van der Waals surface area (Å²) in [6.07, 6.45) is 1.31. The molecule has 3 aromatic rings. The molecular weight excluding hydrogens is 375 g/mol. The molecule has 136 valence electrons. The van der Waals surface area contributed by atoms with E-state index in [2.05, 4.69) is 20.0 Å². The van der Waals surface area contributed by atoms with Gasteiger partial charge in [-0.2, -0.15) is 0 Å². The van der Waals surface area contributed by atoms with Crippen LogP contribution in [0, 0.1) is 12.7 Å².